The van der Waals surface area contributed by atoms with E-state index in [4.69, 9.17) is 9.47 Å². The van der Waals surface area contributed by atoms with Crippen LogP contribution in [0.2, 0.25) is 0 Å². The first-order valence-corrected chi connectivity index (χ1v) is 7.85. The van der Waals surface area contributed by atoms with Gasteiger partial charge in [-0.1, -0.05) is 25.5 Å². The maximum atomic E-state index is 12.5. The molecule has 0 amide bonds. The van der Waals surface area contributed by atoms with E-state index in [1.54, 1.807) is 14.0 Å². The number of aliphatic imine (C=N–C) groups is 1. The molecule has 1 aliphatic heterocycles. The van der Waals surface area contributed by atoms with Gasteiger partial charge >= 0.3 is 5.97 Å². The van der Waals surface area contributed by atoms with Crippen LogP contribution in [0.5, 0.6) is 5.75 Å². The average Bonchev–Trinajstić information content (AvgIpc) is 2.80. The van der Waals surface area contributed by atoms with E-state index in [0.29, 0.717) is 12.3 Å². The second-order valence-corrected chi connectivity index (χ2v) is 5.93. The van der Waals surface area contributed by atoms with Crippen molar-refractivity contribution < 1.29 is 19.1 Å². The Labute approximate surface area is 136 Å². The molecule has 0 aromatic heterocycles. The highest BCUT2D eigenvalue weighted by Crippen LogP contribution is 2.42. The Hall–Kier alpha value is -2.17. The van der Waals surface area contributed by atoms with Gasteiger partial charge in [0, 0.05) is 19.3 Å². The lowest BCUT2D eigenvalue weighted by molar-refractivity contribution is -0.140. The van der Waals surface area contributed by atoms with Gasteiger partial charge in [-0.05, 0) is 31.0 Å². The van der Waals surface area contributed by atoms with Gasteiger partial charge in [0.1, 0.15) is 11.5 Å². The van der Waals surface area contributed by atoms with Crippen molar-refractivity contribution >= 4 is 17.7 Å². The number of hydrogen-bond acceptors (Lipinski definition) is 5. The van der Waals surface area contributed by atoms with Gasteiger partial charge in [-0.2, -0.15) is 0 Å². The first-order chi connectivity index (χ1) is 10.9. The van der Waals surface area contributed by atoms with Gasteiger partial charge in [0.05, 0.1) is 7.11 Å². The second kappa shape index (κ2) is 6.94. The highest BCUT2D eigenvalue weighted by atomic mass is 16.6. The molecule has 1 heterocycles. The van der Waals surface area contributed by atoms with Gasteiger partial charge in [0.15, 0.2) is 11.4 Å². The minimum absolute atomic E-state index is 0.0221. The van der Waals surface area contributed by atoms with E-state index in [1.165, 1.54) is 6.92 Å². The number of carbonyl (C=O) groups excluding carboxylic acids is 2. The lowest BCUT2D eigenvalue weighted by atomic mass is 9.74. The van der Waals surface area contributed by atoms with Crippen LogP contribution in [-0.2, 0) is 14.3 Å². The molecule has 2 atom stereocenters. The molecule has 0 saturated heterocycles. The average molecular weight is 317 g/mol. The number of benzene rings is 1. The summed E-state index contributed by atoms with van der Waals surface area (Å²) in [6, 6.07) is 7.44. The van der Waals surface area contributed by atoms with Gasteiger partial charge in [0.2, 0.25) is 0 Å². The van der Waals surface area contributed by atoms with Crippen molar-refractivity contribution in [2.75, 3.05) is 7.11 Å². The standard InChI is InChI=1S/C18H23NO4/c1-5-10-18(17(21)23-13(3)19-18)16(11-12(2)20)14-6-8-15(22-4)9-7-14/h6-9,16H,5,10-11H2,1-4H3/t16-,18-/m1/s1. The summed E-state index contributed by atoms with van der Waals surface area (Å²) in [5.41, 5.74) is -0.121. The van der Waals surface area contributed by atoms with Crippen LogP contribution in [0.4, 0.5) is 0 Å². The molecule has 0 N–H and O–H groups in total. The molecule has 124 valence electrons. The summed E-state index contributed by atoms with van der Waals surface area (Å²) in [6.45, 7) is 5.21. The molecule has 0 bridgehead atoms. The molecule has 0 radical (unpaired) electrons. The predicted octanol–water partition coefficient (Wildman–Crippen LogP) is 3.27. The monoisotopic (exact) mass is 317 g/mol. The molecule has 1 aromatic carbocycles. The number of cyclic esters (lactones) is 1. The number of ketones is 1. The molecule has 0 spiro atoms. The SMILES string of the molecule is CCC[C@]1([C@H](CC(C)=O)c2ccc(OC)cc2)N=C(C)OC1=O. The van der Waals surface area contributed by atoms with Crippen LogP contribution >= 0.6 is 0 Å². The highest BCUT2D eigenvalue weighted by molar-refractivity contribution is 6.00. The van der Waals surface area contributed by atoms with Crippen molar-refractivity contribution in [3.63, 3.8) is 0 Å². The number of ether oxygens (including phenoxy) is 2. The lowest BCUT2D eigenvalue weighted by Crippen LogP contribution is -2.41. The molecule has 2 rings (SSSR count). The topological polar surface area (TPSA) is 65.0 Å². The van der Waals surface area contributed by atoms with Crippen LogP contribution < -0.4 is 4.74 Å². The van der Waals surface area contributed by atoms with Crippen LogP contribution in [0.1, 0.15) is 51.5 Å². The summed E-state index contributed by atoms with van der Waals surface area (Å²) >= 11 is 0. The predicted molar refractivity (Wildman–Crippen MR) is 87.9 cm³/mol. The van der Waals surface area contributed by atoms with Crippen molar-refractivity contribution in [2.24, 2.45) is 4.99 Å². The van der Waals surface area contributed by atoms with E-state index in [-0.39, 0.29) is 24.1 Å². The highest BCUT2D eigenvalue weighted by Gasteiger charge is 2.51. The molecule has 5 heteroatoms. The van der Waals surface area contributed by atoms with E-state index < -0.39 is 5.54 Å². The zero-order valence-corrected chi connectivity index (χ0v) is 14.1. The number of esters is 1. The number of carbonyl (C=O) groups is 2. The first-order valence-electron chi connectivity index (χ1n) is 7.85. The Bertz CT molecular complexity index is 620. The molecule has 5 nitrogen and oxygen atoms in total. The molecule has 0 saturated carbocycles. The fourth-order valence-corrected chi connectivity index (χ4v) is 3.19. The molecule has 0 unspecified atom stereocenters. The fraction of sp³-hybridized carbons (Fsp3) is 0.500. The van der Waals surface area contributed by atoms with Gasteiger partial charge in [-0.25, -0.2) is 9.79 Å². The summed E-state index contributed by atoms with van der Waals surface area (Å²) < 4.78 is 10.4. The summed E-state index contributed by atoms with van der Waals surface area (Å²) in [5.74, 6) is 0.419. The normalized spacial score (nSPS) is 21.6. The molecular weight excluding hydrogens is 294 g/mol. The lowest BCUT2D eigenvalue weighted by Gasteiger charge is -2.31. The van der Waals surface area contributed by atoms with E-state index in [1.807, 2.05) is 31.2 Å². The maximum Gasteiger partial charge on any atom is 0.341 e. The van der Waals surface area contributed by atoms with Crippen molar-refractivity contribution in [3.8, 4) is 5.75 Å². The minimum Gasteiger partial charge on any atom is -0.497 e. The molecule has 1 aromatic rings. The molecule has 0 aliphatic carbocycles. The third-order valence-electron chi connectivity index (χ3n) is 4.17. The number of Topliss-reactive ketones (excluding diaryl/α,β-unsaturated/α-hetero) is 1. The summed E-state index contributed by atoms with van der Waals surface area (Å²) in [6.07, 6.45) is 1.57. The Kier molecular flexibility index (Phi) is 5.19. The van der Waals surface area contributed by atoms with E-state index in [0.717, 1.165) is 17.7 Å². The van der Waals surface area contributed by atoms with Crippen LogP contribution in [0.15, 0.2) is 29.3 Å². The molecule has 23 heavy (non-hydrogen) atoms. The third kappa shape index (κ3) is 3.44. The molecule has 0 fully saturated rings. The zero-order valence-electron chi connectivity index (χ0n) is 14.1. The quantitative estimate of drug-likeness (QED) is 0.724. The zero-order chi connectivity index (χ0) is 17.0. The van der Waals surface area contributed by atoms with Crippen LogP contribution in [0.25, 0.3) is 0 Å². The van der Waals surface area contributed by atoms with Crippen molar-refractivity contribution in [2.45, 2.75) is 51.5 Å². The Morgan fingerprint density at radius 3 is 2.43 bits per heavy atom. The van der Waals surface area contributed by atoms with Gasteiger partial charge < -0.3 is 14.3 Å². The fourth-order valence-electron chi connectivity index (χ4n) is 3.19. The summed E-state index contributed by atoms with van der Waals surface area (Å²) in [5, 5.41) is 0. The second-order valence-electron chi connectivity index (χ2n) is 5.93. The minimum atomic E-state index is -1.01. The molecular formula is C18H23NO4. The van der Waals surface area contributed by atoms with Gasteiger partial charge in [-0.15, -0.1) is 0 Å². The Morgan fingerprint density at radius 1 is 1.35 bits per heavy atom. The van der Waals surface area contributed by atoms with E-state index in [9.17, 15) is 9.59 Å². The number of rotatable bonds is 7. The maximum absolute atomic E-state index is 12.5. The van der Waals surface area contributed by atoms with E-state index in [2.05, 4.69) is 4.99 Å². The first kappa shape index (κ1) is 17.2. The van der Waals surface area contributed by atoms with Crippen molar-refractivity contribution in [1.82, 2.24) is 0 Å². The smallest absolute Gasteiger partial charge is 0.341 e. The summed E-state index contributed by atoms with van der Waals surface area (Å²) in [4.78, 5) is 28.9. The number of nitrogens with zero attached hydrogens (tertiary/aromatic N) is 1. The number of hydrogen-bond donors (Lipinski definition) is 0. The van der Waals surface area contributed by atoms with Crippen LogP contribution in [0, 0.1) is 0 Å². The summed E-state index contributed by atoms with van der Waals surface area (Å²) in [7, 11) is 1.60. The third-order valence-corrected chi connectivity index (χ3v) is 4.17. The van der Waals surface area contributed by atoms with Crippen molar-refractivity contribution in [3.05, 3.63) is 29.8 Å². The Morgan fingerprint density at radius 2 is 2.00 bits per heavy atom. The van der Waals surface area contributed by atoms with Gasteiger partial charge in [0.25, 0.3) is 0 Å². The van der Waals surface area contributed by atoms with E-state index >= 15 is 0 Å². The molecule has 1 aliphatic rings. The largest absolute Gasteiger partial charge is 0.497 e. The number of methoxy groups -OCH3 is 1. The van der Waals surface area contributed by atoms with Crippen LogP contribution in [-0.4, -0.2) is 30.3 Å². The van der Waals surface area contributed by atoms with Gasteiger partial charge in [-0.3, -0.25) is 0 Å². The Balaban J connectivity index is 2.50. The van der Waals surface area contributed by atoms with Crippen molar-refractivity contribution in [1.29, 1.82) is 0 Å². The van der Waals surface area contributed by atoms with Crippen LogP contribution in [0.3, 0.4) is 0 Å².